The lowest BCUT2D eigenvalue weighted by atomic mass is 9.98. The number of hydrogen-bond donors (Lipinski definition) is 2. The van der Waals surface area contributed by atoms with Crippen LogP contribution < -0.4 is 11.5 Å². The van der Waals surface area contributed by atoms with Crippen LogP contribution in [0.15, 0.2) is 48.5 Å². The first-order chi connectivity index (χ1) is 13.7. The fraction of sp³-hybridized carbons (Fsp3) is 0.375. The lowest BCUT2D eigenvalue weighted by molar-refractivity contribution is -0.145. The van der Waals surface area contributed by atoms with Gasteiger partial charge in [0.05, 0.1) is 6.61 Å². The Bertz CT molecular complexity index is 815. The molecule has 0 fully saturated rings. The van der Waals surface area contributed by atoms with E-state index in [-0.39, 0.29) is 6.54 Å². The van der Waals surface area contributed by atoms with Crippen LogP contribution >= 0.6 is 0 Å². The first-order valence-electron chi connectivity index (χ1n) is 10.2. The highest BCUT2D eigenvalue weighted by Gasteiger charge is 2.16. The summed E-state index contributed by atoms with van der Waals surface area (Å²) in [6, 6.07) is 16.6. The van der Waals surface area contributed by atoms with E-state index >= 15 is 0 Å². The van der Waals surface area contributed by atoms with Gasteiger partial charge >= 0.3 is 5.97 Å². The van der Waals surface area contributed by atoms with Gasteiger partial charge in [-0.1, -0.05) is 67.4 Å². The summed E-state index contributed by atoms with van der Waals surface area (Å²) in [6.45, 7) is 0.553. The highest BCUT2D eigenvalue weighted by Crippen LogP contribution is 2.34. The summed E-state index contributed by atoms with van der Waals surface area (Å²) in [4.78, 5) is 11.5. The third-order valence-electron chi connectivity index (χ3n) is 5.27. The average molecular weight is 379 g/mol. The van der Waals surface area contributed by atoms with Crippen molar-refractivity contribution in [3.05, 3.63) is 70.8 Å². The van der Waals surface area contributed by atoms with Crippen LogP contribution in [0.4, 0.5) is 0 Å². The molecule has 1 aliphatic carbocycles. The zero-order chi connectivity index (χ0) is 19.8. The summed E-state index contributed by atoms with van der Waals surface area (Å²) in [5.74, 6) is -0.400. The molecule has 3 rings (SSSR count). The summed E-state index contributed by atoms with van der Waals surface area (Å²) in [5.41, 5.74) is 17.9. The summed E-state index contributed by atoms with van der Waals surface area (Å²) in [7, 11) is 0. The van der Waals surface area contributed by atoms with Crippen molar-refractivity contribution in [2.45, 2.75) is 44.6 Å². The van der Waals surface area contributed by atoms with E-state index in [1.54, 1.807) is 0 Å². The zero-order valence-corrected chi connectivity index (χ0v) is 16.4. The van der Waals surface area contributed by atoms with E-state index in [2.05, 4.69) is 54.6 Å². The Morgan fingerprint density at radius 3 is 2.57 bits per heavy atom. The third-order valence-corrected chi connectivity index (χ3v) is 5.27. The van der Waals surface area contributed by atoms with Crippen LogP contribution in [0.5, 0.6) is 0 Å². The van der Waals surface area contributed by atoms with Gasteiger partial charge in [0.2, 0.25) is 0 Å². The number of carbonyl (C=O) groups is 1. The van der Waals surface area contributed by atoms with Crippen molar-refractivity contribution in [1.82, 2.24) is 0 Å². The summed E-state index contributed by atoms with van der Waals surface area (Å²) in [5, 5.41) is 0. The van der Waals surface area contributed by atoms with Crippen LogP contribution in [0, 0.1) is 0 Å². The predicted octanol–water partition coefficient (Wildman–Crippen LogP) is 3.72. The van der Waals surface area contributed by atoms with Crippen LogP contribution in [0.3, 0.4) is 0 Å². The smallest absolute Gasteiger partial charge is 0.324 e. The molecule has 4 nitrogen and oxygen atoms in total. The highest BCUT2D eigenvalue weighted by atomic mass is 16.5. The molecule has 0 saturated carbocycles. The van der Waals surface area contributed by atoms with E-state index in [0.29, 0.717) is 6.61 Å². The molecule has 4 N–H and O–H groups in total. The van der Waals surface area contributed by atoms with Gasteiger partial charge in [-0.3, -0.25) is 4.79 Å². The number of hydrogen-bond acceptors (Lipinski definition) is 4. The lowest BCUT2D eigenvalue weighted by Crippen LogP contribution is -2.39. The number of benzene rings is 2. The number of rotatable bonds is 10. The first kappa shape index (κ1) is 20.3. The minimum atomic E-state index is -0.700. The summed E-state index contributed by atoms with van der Waals surface area (Å²) >= 11 is 0. The van der Waals surface area contributed by atoms with Crippen molar-refractivity contribution in [2.75, 3.05) is 13.2 Å². The number of unbranched alkanes of at least 4 members (excludes halogenated alkanes) is 3. The van der Waals surface area contributed by atoms with Gasteiger partial charge in [-0.2, -0.15) is 0 Å². The largest absolute Gasteiger partial charge is 0.464 e. The Morgan fingerprint density at radius 2 is 1.79 bits per heavy atom. The summed E-state index contributed by atoms with van der Waals surface area (Å²) < 4.78 is 5.12. The van der Waals surface area contributed by atoms with Crippen molar-refractivity contribution in [1.29, 1.82) is 0 Å². The van der Waals surface area contributed by atoms with E-state index in [1.807, 2.05) is 0 Å². The number of fused-ring (bicyclic) bond motifs is 1. The van der Waals surface area contributed by atoms with E-state index < -0.39 is 12.0 Å². The first-order valence-corrected chi connectivity index (χ1v) is 10.2. The van der Waals surface area contributed by atoms with Crippen LogP contribution in [0.2, 0.25) is 0 Å². The van der Waals surface area contributed by atoms with Crippen LogP contribution in [-0.4, -0.2) is 25.2 Å². The monoisotopic (exact) mass is 378 g/mol. The fourth-order valence-electron chi connectivity index (χ4n) is 3.64. The molecule has 4 heteroatoms. The quantitative estimate of drug-likeness (QED) is 0.488. The van der Waals surface area contributed by atoms with Crippen molar-refractivity contribution in [3.63, 3.8) is 0 Å². The number of nitrogens with two attached hydrogens (primary N) is 2. The maximum Gasteiger partial charge on any atom is 0.324 e. The SMILES string of the molecule is NCC(N)C(=O)OCCCCCCc1cccc2c1C=C(c1ccccc1)C2. The summed E-state index contributed by atoms with van der Waals surface area (Å²) in [6.07, 6.45) is 8.64. The lowest BCUT2D eigenvalue weighted by Gasteiger charge is -2.09. The van der Waals surface area contributed by atoms with Crippen molar-refractivity contribution >= 4 is 17.6 Å². The molecule has 1 aliphatic rings. The minimum absolute atomic E-state index is 0.126. The Morgan fingerprint density at radius 1 is 1.00 bits per heavy atom. The van der Waals surface area contributed by atoms with Crippen molar-refractivity contribution in [2.24, 2.45) is 11.5 Å². The fourth-order valence-corrected chi connectivity index (χ4v) is 3.64. The van der Waals surface area contributed by atoms with Gasteiger partial charge in [0.15, 0.2) is 0 Å². The molecule has 2 aromatic rings. The van der Waals surface area contributed by atoms with Gasteiger partial charge in [-0.25, -0.2) is 0 Å². The van der Waals surface area contributed by atoms with Gasteiger partial charge < -0.3 is 16.2 Å². The molecule has 1 unspecified atom stereocenters. The number of esters is 1. The van der Waals surface area contributed by atoms with E-state index in [9.17, 15) is 4.79 Å². The Hall–Kier alpha value is -2.43. The van der Waals surface area contributed by atoms with Gasteiger partial charge in [0.1, 0.15) is 6.04 Å². The van der Waals surface area contributed by atoms with Crippen LogP contribution in [-0.2, 0) is 22.4 Å². The second-order valence-electron chi connectivity index (χ2n) is 7.38. The molecular weight excluding hydrogens is 348 g/mol. The second-order valence-corrected chi connectivity index (χ2v) is 7.38. The van der Waals surface area contributed by atoms with E-state index in [1.165, 1.54) is 27.8 Å². The molecule has 0 radical (unpaired) electrons. The van der Waals surface area contributed by atoms with Gasteiger partial charge in [-0.05, 0) is 53.5 Å². The molecule has 1 atom stereocenters. The molecule has 2 aromatic carbocycles. The molecule has 0 saturated heterocycles. The molecular formula is C24H30N2O2. The molecule has 0 heterocycles. The maximum atomic E-state index is 11.5. The molecule has 28 heavy (non-hydrogen) atoms. The molecule has 0 bridgehead atoms. The Kier molecular flexibility index (Phi) is 7.40. The van der Waals surface area contributed by atoms with Gasteiger partial charge in [-0.15, -0.1) is 0 Å². The number of aryl methyl sites for hydroxylation is 1. The van der Waals surface area contributed by atoms with Crippen molar-refractivity contribution < 1.29 is 9.53 Å². The van der Waals surface area contributed by atoms with E-state index in [4.69, 9.17) is 16.2 Å². The molecule has 0 amide bonds. The minimum Gasteiger partial charge on any atom is -0.464 e. The topological polar surface area (TPSA) is 78.3 Å². The zero-order valence-electron chi connectivity index (χ0n) is 16.4. The van der Waals surface area contributed by atoms with Crippen LogP contribution in [0.25, 0.3) is 11.6 Å². The molecule has 0 spiro atoms. The Balaban J connectivity index is 1.44. The van der Waals surface area contributed by atoms with Crippen LogP contribution in [0.1, 0.15) is 47.9 Å². The van der Waals surface area contributed by atoms with Gasteiger partial charge in [0.25, 0.3) is 0 Å². The standard InChI is InChI=1S/C24H30N2O2/c25-17-23(26)24(27)28-14-7-2-1-4-11-19-12-8-13-20-15-21(16-22(19)20)18-9-5-3-6-10-18/h3,5-6,8-10,12-13,16,23H,1-2,4,7,11,14-15,17,25-26H2. The maximum absolute atomic E-state index is 11.5. The van der Waals surface area contributed by atoms with E-state index in [0.717, 1.165) is 38.5 Å². The van der Waals surface area contributed by atoms with Gasteiger partial charge in [0, 0.05) is 6.54 Å². The molecule has 0 aliphatic heterocycles. The average Bonchev–Trinajstić information content (AvgIpc) is 3.18. The Labute approximate surface area is 167 Å². The highest BCUT2D eigenvalue weighted by molar-refractivity contribution is 5.89. The van der Waals surface area contributed by atoms with Crippen molar-refractivity contribution in [3.8, 4) is 0 Å². The number of allylic oxidation sites excluding steroid dienone is 1. The second kappa shape index (κ2) is 10.2. The predicted molar refractivity (Wildman–Crippen MR) is 115 cm³/mol. The molecule has 148 valence electrons. The molecule has 0 aromatic heterocycles. The third kappa shape index (κ3) is 5.31. The number of carbonyl (C=O) groups excluding carboxylic acids is 1. The normalized spacial score (nSPS) is 13.7. The number of ether oxygens (including phenoxy) is 1.